The molecule has 0 spiro atoms. The summed E-state index contributed by atoms with van der Waals surface area (Å²) >= 11 is 1.24. The van der Waals surface area contributed by atoms with Gasteiger partial charge < -0.3 is 19.9 Å². The molecule has 1 aromatic carbocycles. The highest BCUT2D eigenvalue weighted by Gasteiger charge is 2.18. The molecule has 0 radical (unpaired) electrons. The zero-order valence-electron chi connectivity index (χ0n) is 12.2. The molecule has 0 aliphatic carbocycles. The van der Waals surface area contributed by atoms with Crippen LogP contribution in [-0.2, 0) is 6.61 Å². The molecule has 3 aromatic rings. The quantitative estimate of drug-likeness (QED) is 0.655. The smallest absolute Gasteiger partial charge is 0.358 e. The number of nitrogens with one attached hydrogen (secondary N) is 1. The van der Waals surface area contributed by atoms with Gasteiger partial charge in [0, 0.05) is 11.4 Å². The molecule has 122 valence electrons. The normalized spacial score (nSPS) is 10.5. The molecule has 24 heavy (non-hydrogen) atoms. The standard InChI is InChI=1S/C16H12N2O5S/c19-13-12(16(21)22)17-14(18-15(13)20)11-6-10(8-24-11)23-7-9-4-2-1-3-5-9/h1-6,8,19H,7H2,(H,21,22)(H,17,18,20). The number of ether oxygens (including phenoxy) is 1. The van der Waals surface area contributed by atoms with E-state index in [1.54, 1.807) is 11.4 Å². The molecule has 8 heteroatoms. The third-order valence-corrected chi connectivity index (χ3v) is 4.07. The zero-order chi connectivity index (χ0) is 17.1. The fourth-order valence-corrected chi connectivity index (χ4v) is 2.76. The highest BCUT2D eigenvalue weighted by Crippen LogP contribution is 2.29. The van der Waals surface area contributed by atoms with E-state index in [9.17, 15) is 14.7 Å². The molecule has 0 saturated heterocycles. The molecule has 0 amide bonds. The zero-order valence-corrected chi connectivity index (χ0v) is 13.0. The van der Waals surface area contributed by atoms with Gasteiger partial charge >= 0.3 is 5.97 Å². The Morgan fingerprint density at radius 3 is 2.75 bits per heavy atom. The minimum Gasteiger partial charge on any atom is -0.501 e. The highest BCUT2D eigenvalue weighted by molar-refractivity contribution is 7.13. The number of carboxylic acids is 1. The van der Waals surface area contributed by atoms with Crippen molar-refractivity contribution in [3.8, 4) is 22.2 Å². The summed E-state index contributed by atoms with van der Waals surface area (Å²) in [5.41, 5.74) is -0.582. The van der Waals surface area contributed by atoms with Gasteiger partial charge in [-0.3, -0.25) is 4.79 Å². The van der Waals surface area contributed by atoms with Crippen LogP contribution in [0.2, 0.25) is 0 Å². The predicted octanol–water partition coefficient (Wildman–Crippen LogP) is 2.48. The minimum atomic E-state index is -1.48. The van der Waals surface area contributed by atoms with Gasteiger partial charge in [0.25, 0.3) is 5.56 Å². The summed E-state index contributed by atoms with van der Waals surface area (Å²) in [5, 5.41) is 20.2. The first-order valence-electron chi connectivity index (χ1n) is 6.87. The van der Waals surface area contributed by atoms with Gasteiger partial charge in [-0.25, -0.2) is 9.78 Å². The van der Waals surface area contributed by atoms with E-state index < -0.39 is 23.0 Å². The van der Waals surface area contributed by atoms with Crippen molar-refractivity contribution in [1.29, 1.82) is 0 Å². The number of carboxylic acid groups (broad SMARTS) is 1. The number of hydrogen-bond donors (Lipinski definition) is 3. The van der Waals surface area contributed by atoms with Crippen molar-refractivity contribution in [2.75, 3.05) is 0 Å². The van der Waals surface area contributed by atoms with Crippen molar-refractivity contribution in [1.82, 2.24) is 9.97 Å². The Hall–Kier alpha value is -3.13. The van der Waals surface area contributed by atoms with Crippen LogP contribution in [0.15, 0.2) is 46.6 Å². The molecule has 3 N–H and O–H groups in total. The summed E-state index contributed by atoms with van der Waals surface area (Å²) < 4.78 is 5.65. The molecule has 7 nitrogen and oxygen atoms in total. The Balaban J connectivity index is 1.83. The molecule has 0 aliphatic heterocycles. The molecule has 0 saturated carbocycles. The Labute approximate surface area is 139 Å². The third kappa shape index (κ3) is 3.28. The maximum atomic E-state index is 11.6. The number of aromatic amines is 1. The van der Waals surface area contributed by atoms with Gasteiger partial charge in [-0.05, 0) is 5.56 Å². The van der Waals surface area contributed by atoms with Crippen LogP contribution in [0.25, 0.3) is 10.7 Å². The number of rotatable bonds is 5. The van der Waals surface area contributed by atoms with Gasteiger partial charge in [0.1, 0.15) is 12.4 Å². The first-order valence-corrected chi connectivity index (χ1v) is 7.75. The summed E-state index contributed by atoms with van der Waals surface area (Å²) in [5.74, 6) is -1.75. The molecule has 2 heterocycles. The largest absolute Gasteiger partial charge is 0.501 e. The molecule has 0 atom stereocenters. The fourth-order valence-electron chi connectivity index (χ4n) is 1.99. The van der Waals surface area contributed by atoms with Crippen LogP contribution in [-0.4, -0.2) is 26.2 Å². The fraction of sp³-hybridized carbons (Fsp3) is 0.0625. The monoisotopic (exact) mass is 344 g/mol. The molecule has 0 bridgehead atoms. The number of aromatic carboxylic acids is 1. The Morgan fingerprint density at radius 1 is 1.29 bits per heavy atom. The molecule has 2 aromatic heterocycles. The molecule has 0 aliphatic rings. The number of nitrogens with zero attached hydrogens (tertiary/aromatic N) is 1. The SMILES string of the molecule is O=C(O)c1nc(-c2cc(OCc3ccccc3)cs2)[nH]c(=O)c1O. The van der Waals surface area contributed by atoms with Crippen molar-refractivity contribution >= 4 is 17.3 Å². The van der Waals surface area contributed by atoms with Crippen molar-refractivity contribution in [3.63, 3.8) is 0 Å². The van der Waals surface area contributed by atoms with Crippen molar-refractivity contribution < 1.29 is 19.7 Å². The van der Waals surface area contributed by atoms with E-state index in [4.69, 9.17) is 9.84 Å². The molecular weight excluding hydrogens is 332 g/mol. The molecular formula is C16H12N2O5S. The summed E-state index contributed by atoms with van der Waals surface area (Å²) in [6.07, 6.45) is 0. The Bertz CT molecular complexity index is 933. The molecule has 0 unspecified atom stereocenters. The second kappa shape index (κ2) is 6.55. The second-order valence-corrected chi connectivity index (χ2v) is 5.75. The van der Waals surface area contributed by atoms with Gasteiger partial charge in [0.2, 0.25) is 5.75 Å². The number of aromatic hydroxyl groups is 1. The van der Waals surface area contributed by atoms with E-state index in [1.165, 1.54) is 11.3 Å². The number of thiophene rings is 1. The Kier molecular flexibility index (Phi) is 4.30. The van der Waals surface area contributed by atoms with Crippen LogP contribution in [0, 0.1) is 0 Å². The third-order valence-electron chi connectivity index (χ3n) is 3.15. The topological polar surface area (TPSA) is 113 Å². The van der Waals surface area contributed by atoms with Gasteiger partial charge in [0.05, 0.1) is 4.88 Å². The van der Waals surface area contributed by atoms with Gasteiger partial charge in [-0.15, -0.1) is 11.3 Å². The van der Waals surface area contributed by atoms with Crippen LogP contribution in [0.5, 0.6) is 11.5 Å². The van der Waals surface area contributed by atoms with Crippen LogP contribution in [0.4, 0.5) is 0 Å². The first-order chi connectivity index (χ1) is 11.5. The van der Waals surface area contributed by atoms with Gasteiger partial charge in [-0.1, -0.05) is 30.3 Å². The number of aromatic nitrogens is 2. The van der Waals surface area contributed by atoms with E-state index >= 15 is 0 Å². The number of carbonyl (C=O) groups is 1. The summed E-state index contributed by atoms with van der Waals surface area (Å²) in [4.78, 5) is 29.3. The van der Waals surface area contributed by atoms with Crippen LogP contribution in [0.1, 0.15) is 16.1 Å². The van der Waals surface area contributed by atoms with Crippen LogP contribution < -0.4 is 10.3 Å². The number of H-pyrrole nitrogens is 1. The highest BCUT2D eigenvalue weighted by atomic mass is 32.1. The van der Waals surface area contributed by atoms with E-state index in [0.29, 0.717) is 17.2 Å². The lowest BCUT2D eigenvalue weighted by Gasteiger charge is -2.03. The first kappa shape index (κ1) is 15.8. The average Bonchev–Trinajstić information content (AvgIpc) is 3.05. The summed E-state index contributed by atoms with van der Waals surface area (Å²) in [7, 11) is 0. The van der Waals surface area contributed by atoms with Crippen molar-refractivity contribution in [2.24, 2.45) is 0 Å². The van der Waals surface area contributed by atoms with Crippen LogP contribution >= 0.6 is 11.3 Å². The summed E-state index contributed by atoms with van der Waals surface area (Å²) in [6.45, 7) is 0.386. The van der Waals surface area contributed by atoms with Crippen LogP contribution in [0.3, 0.4) is 0 Å². The lowest BCUT2D eigenvalue weighted by Crippen LogP contribution is -2.14. The average molecular weight is 344 g/mol. The van der Waals surface area contributed by atoms with E-state index in [1.807, 2.05) is 30.3 Å². The second-order valence-electron chi connectivity index (χ2n) is 4.84. The van der Waals surface area contributed by atoms with E-state index in [2.05, 4.69) is 9.97 Å². The number of hydrogen-bond acceptors (Lipinski definition) is 6. The lowest BCUT2D eigenvalue weighted by molar-refractivity contribution is 0.0686. The van der Waals surface area contributed by atoms with E-state index in [0.717, 1.165) is 5.56 Å². The van der Waals surface area contributed by atoms with Gasteiger partial charge in [-0.2, -0.15) is 0 Å². The van der Waals surface area contributed by atoms with Crippen molar-refractivity contribution in [2.45, 2.75) is 6.61 Å². The van der Waals surface area contributed by atoms with E-state index in [-0.39, 0.29) is 5.82 Å². The predicted molar refractivity (Wildman–Crippen MR) is 87.6 cm³/mol. The lowest BCUT2D eigenvalue weighted by atomic mass is 10.2. The minimum absolute atomic E-state index is 0.0646. The van der Waals surface area contributed by atoms with Crippen molar-refractivity contribution in [3.05, 3.63) is 63.4 Å². The maximum Gasteiger partial charge on any atom is 0.358 e. The number of benzene rings is 1. The maximum absolute atomic E-state index is 11.6. The molecule has 0 fully saturated rings. The Morgan fingerprint density at radius 2 is 2.04 bits per heavy atom. The molecule has 3 rings (SSSR count). The van der Waals surface area contributed by atoms with Gasteiger partial charge in [0.15, 0.2) is 11.5 Å². The summed E-state index contributed by atoms with van der Waals surface area (Å²) in [6, 6.07) is 11.3.